The van der Waals surface area contributed by atoms with Crippen LogP contribution in [0.5, 0.6) is 0 Å². The molecule has 0 bridgehead atoms. The fraction of sp³-hybridized carbons (Fsp3) is 0.417. The number of rotatable bonds is 3. The van der Waals surface area contributed by atoms with E-state index in [0.29, 0.717) is 12.0 Å². The molecule has 0 saturated carbocycles. The third-order valence-corrected chi connectivity index (χ3v) is 2.76. The van der Waals surface area contributed by atoms with E-state index in [1.165, 1.54) is 6.08 Å². The number of carboxylic acid groups (broad SMARTS) is 1. The predicted octanol–water partition coefficient (Wildman–Crippen LogP) is 0.763. The van der Waals surface area contributed by atoms with E-state index in [-0.39, 0.29) is 17.5 Å². The minimum atomic E-state index is -1.21. The first-order valence-corrected chi connectivity index (χ1v) is 5.84. The normalized spacial score (nSPS) is 22.3. The molecule has 2 rings (SSSR count). The van der Waals surface area contributed by atoms with Gasteiger partial charge in [0.25, 0.3) is 0 Å². The first kappa shape index (κ1) is 13.1. The number of fused-ring (bicyclic) bond motifs is 1. The van der Waals surface area contributed by atoms with Crippen LogP contribution in [0.3, 0.4) is 0 Å². The second-order valence-corrected chi connectivity index (χ2v) is 4.82. The lowest BCUT2D eigenvalue weighted by Gasteiger charge is -2.26. The number of amidine groups is 1. The van der Waals surface area contributed by atoms with Crippen LogP contribution in [0.15, 0.2) is 21.6 Å². The molecule has 0 aromatic rings. The first-order chi connectivity index (χ1) is 8.88. The lowest BCUT2D eigenvalue weighted by atomic mass is 9.86. The summed E-state index contributed by atoms with van der Waals surface area (Å²) in [5, 5.41) is 11.1. The number of dihydropyridines is 1. The number of carbonyl (C=O) groups excluding carboxylic acids is 2. The Kier molecular flexibility index (Phi) is 3.28. The van der Waals surface area contributed by atoms with E-state index in [0.717, 1.165) is 0 Å². The molecule has 1 atom stereocenters. The second kappa shape index (κ2) is 4.75. The lowest BCUT2D eigenvalue weighted by Crippen LogP contribution is -2.45. The number of carboxylic acids is 1. The molecule has 1 unspecified atom stereocenters. The van der Waals surface area contributed by atoms with Crippen LogP contribution < -0.4 is 5.32 Å². The minimum Gasteiger partial charge on any atom is -0.477 e. The summed E-state index contributed by atoms with van der Waals surface area (Å²) >= 11 is 0. The summed E-state index contributed by atoms with van der Waals surface area (Å²) in [4.78, 5) is 41.4. The van der Waals surface area contributed by atoms with Gasteiger partial charge in [-0.1, -0.05) is 13.8 Å². The van der Waals surface area contributed by atoms with Crippen molar-refractivity contribution in [2.75, 3.05) is 0 Å². The van der Waals surface area contributed by atoms with Gasteiger partial charge in [-0.2, -0.15) is 4.99 Å². The molecule has 0 aliphatic carbocycles. The Balaban J connectivity index is 2.48. The molecule has 3 amide bonds. The summed E-state index contributed by atoms with van der Waals surface area (Å²) in [5.74, 6) is -2.27. The van der Waals surface area contributed by atoms with Crippen molar-refractivity contribution in [2.45, 2.75) is 20.3 Å². The zero-order chi connectivity index (χ0) is 14.2. The Morgan fingerprint density at radius 2 is 2.11 bits per heavy atom. The molecule has 7 nitrogen and oxygen atoms in total. The Labute approximate surface area is 109 Å². The maximum absolute atomic E-state index is 11.8. The first-order valence-electron chi connectivity index (χ1n) is 5.84. The fourth-order valence-electron chi connectivity index (χ4n) is 2.09. The molecule has 0 fully saturated rings. The molecule has 0 radical (unpaired) electrons. The van der Waals surface area contributed by atoms with E-state index in [1.807, 2.05) is 13.8 Å². The molecule has 0 aromatic heterocycles. The van der Waals surface area contributed by atoms with Crippen molar-refractivity contribution in [1.82, 2.24) is 5.32 Å². The summed E-state index contributed by atoms with van der Waals surface area (Å²) in [7, 11) is 0. The van der Waals surface area contributed by atoms with Crippen LogP contribution in [0.4, 0.5) is 4.79 Å². The molecule has 2 aliphatic heterocycles. The Morgan fingerprint density at radius 1 is 1.42 bits per heavy atom. The maximum atomic E-state index is 11.8. The van der Waals surface area contributed by atoms with Crippen LogP contribution in [0, 0.1) is 11.8 Å². The molecule has 0 saturated heterocycles. The van der Waals surface area contributed by atoms with E-state index in [2.05, 4.69) is 15.3 Å². The highest BCUT2D eigenvalue weighted by atomic mass is 16.4. The molecule has 100 valence electrons. The highest BCUT2D eigenvalue weighted by molar-refractivity contribution is 6.44. The topological polar surface area (TPSA) is 108 Å². The number of hydrogen-bond donors (Lipinski definition) is 2. The van der Waals surface area contributed by atoms with Crippen LogP contribution in [0.2, 0.25) is 0 Å². The number of carbonyl (C=O) groups is 3. The number of imide groups is 1. The summed E-state index contributed by atoms with van der Waals surface area (Å²) < 4.78 is 0. The summed E-state index contributed by atoms with van der Waals surface area (Å²) in [5.41, 5.74) is 0.416. The van der Waals surface area contributed by atoms with E-state index in [9.17, 15) is 14.4 Å². The van der Waals surface area contributed by atoms with Gasteiger partial charge in [0, 0.05) is 0 Å². The Bertz CT molecular complexity index is 557. The van der Waals surface area contributed by atoms with Gasteiger partial charge in [-0.3, -0.25) is 10.1 Å². The molecule has 7 heteroatoms. The SMILES string of the molecule is CC(C)CC1=CC(C(=O)O)=NC2=NC(=O)NC(=O)C12. The van der Waals surface area contributed by atoms with Crippen molar-refractivity contribution in [1.29, 1.82) is 0 Å². The minimum absolute atomic E-state index is 0.0377. The molecule has 19 heavy (non-hydrogen) atoms. The van der Waals surface area contributed by atoms with Crippen molar-refractivity contribution in [2.24, 2.45) is 21.8 Å². The summed E-state index contributed by atoms with van der Waals surface area (Å²) in [6, 6.07) is -0.810. The van der Waals surface area contributed by atoms with E-state index in [4.69, 9.17) is 5.11 Å². The van der Waals surface area contributed by atoms with Gasteiger partial charge in [0.1, 0.15) is 11.6 Å². The van der Waals surface area contributed by atoms with Crippen LogP contribution >= 0.6 is 0 Å². The number of aliphatic carboxylic acids is 1. The molecule has 0 spiro atoms. The van der Waals surface area contributed by atoms with Crippen molar-refractivity contribution < 1.29 is 19.5 Å². The summed E-state index contributed by atoms with van der Waals surface area (Å²) in [6.07, 6.45) is 1.93. The van der Waals surface area contributed by atoms with Crippen molar-refractivity contribution >= 4 is 29.5 Å². The van der Waals surface area contributed by atoms with Gasteiger partial charge in [0.15, 0.2) is 5.84 Å². The average molecular weight is 263 g/mol. The Morgan fingerprint density at radius 3 is 2.68 bits per heavy atom. The van der Waals surface area contributed by atoms with Crippen LogP contribution in [-0.4, -0.2) is 34.6 Å². The van der Waals surface area contributed by atoms with Gasteiger partial charge < -0.3 is 5.11 Å². The third-order valence-electron chi connectivity index (χ3n) is 2.76. The van der Waals surface area contributed by atoms with Crippen molar-refractivity contribution in [3.8, 4) is 0 Å². The third kappa shape index (κ3) is 2.59. The van der Waals surface area contributed by atoms with Gasteiger partial charge in [-0.05, 0) is 24.0 Å². The predicted molar refractivity (Wildman–Crippen MR) is 67.1 cm³/mol. The highest BCUT2D eigenvalue weighted by Gasteiger charge is 2.37. The number of aliphatic imine (C=N–C) groups is 2. The van der Waals surface area contributed by atoms with Crippen LogP contribution in [0.25, 0.3) is 0 Å². The highest BCUT2D eigenvalue weighted by Crippen LogP contribution is 2.27. The van der Waals surface area contributed by atoms with Gasteiger partial charge in [0.05, 0.1) is 0 Å². The fourth-order valence-corrected chi connectivity index (χ4v) is 2.09. The number of amides is 3. The quantitative estimate of drug-likeness (QED) is 0.783. The van der Waals surface area contributed by atoms with Gasteiger partial charge >= 0.3 is 12.0 Å². The molecule has 0 aromatic carbocycles. The van der Waals surface area contributed by atoms with E-state index in [1.54, 1.807) is 0 Å². The van der Waals surface area contributed by atoms with Gasteiger partial charge in [-0.15, -0.1) is 0 Å². The Hall–Kier alpha value is -2.31. The standard InChI is InChI=1S/C12H13N3O4/c1-5(2)3-6-4-7(11(17)18)13-9-8(6)10(16)15-12(19)14-9/h4-5,8H,3H2,1-2H3,(H,17,18)(H,15,16,19). The molecular formula is C12H13N3O4. The van der Waals surface area contributed by atoms with Crippen molar-refractivity contribution in [3.63, 3.8) is 0 Å². The zero-order valence-corrected chi connectivity index (χ0v) is 10.5. The van der Waals surface area contributed by atoms with Crippen LogP contribution in [-0.2, 0) is 9.59 Å². The largest absolute Gasteiger partial charge is 0.477 e. The van der Waals surface area contributed by atoms with Crippen LogP contribution in [0.1, 0.15) is 20.3 Å². The molecule has 2 N–H and O–H groups in total. The van der Waals surface area contributed by atoms with Gasteiger partial charge in [0.2, 0.25) is 5.91 Å². The monoisotopic (exact) mass is 263 g/mol. The number of hydrogen-bond acceptors (Lipinski definition) is 4. The second-order valence-electron chi connectivity index (χ2n) is 4.82. The lowest BCUT2D eigenvalue weighted by molar-refractivity contribution is -0.129. The van der Waals surface area contributed by atoms with E-state index >= 15 is 0 Å². The smallest absolute Gasteiger partial charge is 0.354 e. The number of nitrogens with one attached hydrogen (secondary N) is 1. The zero-order valence-electron chi connectivity index (χ0n) is 10.5. The maximum Gasteiger partial charge on any atom is 0.354 e. The average Bonchev–Trinajstić information content (AvgIpc) is 2.26. The number of nitrogens with zero attached hydrogens (tertiary/aromatic N) is 2. The molecule has 2 heterocycles. The number of urea groups is 1. The molecular weight excluding hydrogens is 250 g/mol. The van der Waals surface area contributed by atoms with E-state index < -0.39 is 23.8 Å². The van der Waals surface area contributed by atoms with Gasteiger partial charge in [-0.25, -0.2) is 14.6 Å². The van der Waals surface area contributed by atoms with Crippen molar-refractivity contribution in [3.05, 3.63) is 11.6 Å². The molecule has 2 aliphatic rings. The summed E-state index contributed by atoms with van der Waals surface area (Å²) in [6.45, 7) is 3.91.